The Balaban J connectivity index is 2.65. The maximum atomic E-state index is 11.0. The summed E-state index contributed by atoms with van der Waals surface area (Å²) >= 11 is 23.5. The maximum Gasteiger partial charge on any atom is 0.150 e. The summed E-state index contributed by atoms with van der Waals surface area (Å²) in [5, 5.41) is 1.14. The van der Waals surface area contributed by atoms with Crippen LogP contribution in [0.5, 0.6) is 0 Å². The third kappa shape index (κ3) is 2.62. The SMILES string of the molecule is O=Cc1cc(Cl)ncc1-c1cc(Cl)c(Cl)c(Cl)c1. The van der Waals surface area contributed by atoms with Gasteiger partial charge in [-0.1, -0.05) is 46.4 Å². The predicted octanol–water partition coefficient (Wildman–Crippen LogP) is 5.17. The van der Waals surface area contributed by atoms with Crippen molar-refractivity contribution in [3.63, 3.8) is 0 Å². The third-order valence-electron chi connectivity index (χ3n) is 2.32. The van der Waals surface area contributed by atoms with Gasteiger partial charge in [0.15, 0.2) is 6.29 Å². The van der Waals surface area contributed by atoms with Crippen LogP contribution in [0.15, 0.2) is 24.4 Å². The minimum atomic E-state index is 0.243. The van der Waals surface area contributed by atoms with Crippen LogP contribution < -0.4 is 0 Å². The summed E-state index contributed by atoms with van der Waals surface area (Å²) in [4.78, 5) is 14.9. The van der Waals surface area contributed by atoms with E-state index >= 15 is 0 Å². The van der Waals surface area contributed by atoms with E-state index in [1.54, 1.807) is 12.1 Å². The van der Waals surface area contributed by atoms with Gasteiger partial charge in [0.2, 0.25) is 0 Å². The molecule has 0 saturated heterocycles. The molecule has 1 aromatic heterocycles. The molecule has 6 heteroatoms. The van der Waals surface area contributed by atoms with Gasteiger partial charge in [0.05, 0.1) is 15.1 Å². The fourth-order valence-corrected chi connectivity index (χ4v) is 2.26. The molecule has 0 atom stereocenters. The van der Waals surface area contributed by atoms with E-state index in [-0.39, 0.29) is 10.2 Å². The Bertz CT molecular complexity index is 604. The first-order valence-corrected chi connectivity index (χ1v) is 6.29. The Hall–Kier alpha value is -0.800. The van der Waals surface area contributed by atoms with E-state index in [1.807, 2.05) is 0 Å². The van der Waals surface area contributed by atoms with Gasteiger partial charge in [0.25, 0.3) is 0 Å². The molecule has 2 rings (SSSR count). The second kappa shape index (κ2) is 5.45. The van der Waals surface area contributed by atoms with Gasteiger partial charge < -0.3 is 0 Å². The molecule has 18 heavy (non-hydrogen) atoms. The molecule has 0 fully saturated rings. The summed E-state index contributed by atoms with van der Waals surface area (Å²) in [5.74, 6) is 0. The van der Waals surface area contributed by atoms with Crippen molar-refractivity contribution in [3.8, 4) is 11.1 Å². The molecule has 0 radical (unpaired) electrons. The average molecular weight is 321 g/mol. The molecule has 0 N–H and O–H groups in total. The molecule has 0 saturated carbocycles. The monoisotopic (exact) mass is 319 g/mol. The minimum Gasteiger partial charge on any atom is -0.298 e. The minimum absolute atomic E-state index is 0.243. The Kier molecular flexibility index (Phi) is 4.13. The number of hydrogen-bond acceptors (Lipinski definition) is 2. The van der Waals surface area contributed by atoms with Gasteiger partial charge in [-0.05, 0) is 23.8 Å². The van der Waals surface area contributed by atoms with E-state index in [9.17, 15) is 4.79 Å². The standard InChI is InChI=1S/C12H5Cl4NO/c13-9-1-6(2-10(14)12(9)16)8-4-17-11(15)3-7(8)5-18/h1-5H. The van der Waals surface area contributed by atoms with E-state index in [1.165, 1.54) is 12.3 Å². The van der Waals surface area contributed by atoms with Crippen LogP contribution in [0.4, 0.5) is 0 Å². The molecule has 1 heterocycles. The van der Waals surface area contributed by atoms with Gasteiger partial charge in [-0.2, -0.15) is 0 Å². The first kappa shape index (κ1) is 13.6. The van der Waals surface area contributed by atoms with Crippen LogP contribution in [0.25, 0.3) is 11.1 Å². The Morgan fingerprint density at radius 3 is 2.17 bits per heavy atom. The number of aldehydes is 1. The number of rotatable bonds is 2. The first-order chi connectivity index (χ1) is 8.52. The average Bonchev–Trinajstić information content (AvgIpc) is 2.35. The molecule has 0 spiro atoms. The van der Waals surface area contributed by atoms with Gasteiger partial charge in [-0.25, -0.2) is 4.98 Å². The molecule has 0 aliphatic heterocycles. The van der Waals surface area contributed by atoms with Crippen LogP contribution in [0, 0.1) is 0 Å². The van der Waals surface area contributed by atoms with Crippen molar-refractivity contribution in [3.05, 3.63) is 50.2 Å². The second-order valence-corrected chi connectivity index (χ2v) is 5.05. The lowest BCUT2D eigenvalue weighted by Crippen LogP contribution is -1.90. The third-order valence-corrected chi connectivity index (χ3v) is 3.73. The largest absolute Gasteiger partial charge is 0.298 e. The van der Waals surface area contributed by atoms with E-state index in [0.29, 0.717) is 33.0 Å². The van der Waals surface area contributed by atoms with Crippen molar-refractivity contribution in [1.29, 1.82) is 0 Å². The lowest BCUT2D eigenvalue weighted by molar-refractivity contribution is 0.112. The van der Waals surface area contributed by atoms with Crippen molar-refractivity contribution in [2.45, 2.75) is 0 Å². The first-order valence-electron chi connectivity index (χ1n) is 4.78. The van der Waals surface area contributed by atoms with Crippen molar-refractivity contribution in [2.75, 3.05) is 0 Å². The number of pyridine rings is 1. The zero-order valence-corrected chi connectivity index (χ0v) is 11.8. The Morgan fingerprint density at radius 1 is 1.00 bits per heavy atom. The molecule has 0 bridgehead atoms. The van der Waals surface area contributed by atoms with E-state index in [4.69, 9.17) is 46.4 Å². The number of carbonyl (C=O) groups is 1. The van der Waals surface area contributed by atoms with Crippen LogP contribution in [0.2, 0.25) is 20.2 Å². The number of halogens is 4. The van der Waals surface area contributed by atoms with Crippen LogP contribution >= 0.6 is 46.4 Å². The predicted molar refractivity (Wildman–Crippen MR) is 75.1 cm³/mol. The molecule has 0 amide bonds. The quantitative estimate of drug-likeness (QED) is 0.434. The molecular formula is C12H5Cl4NO. The molecule has 2 aromatic rings. The van der Waals surface area contributed by atoms with E-state index in [2.05, 4.69) is 4.98 Å². The van der Waals surface area contributed by atoms with Gasteiger partial charge in [-0.3, -0.25) is 4.79 Å². The summed E-state index contributed by atoms with van der Waals surface area (Å²) < 4.78 is 0. The summed E-state index contributed by atoms with van der Waals surface area (Å²) in [7, 11) is 0. The second-order valence-electron chi connectivity index (χ2n) is 3.47. The highest BCUT2D eigenvalue weighted by Gasteiger charge is 2.11. The zero-order valence-electron chi connectivity index (χ0n) is 8.75. The lowest BCUT2D eigenvalue weighted by atomic mass is 10.0. The smallest absolute Gasteiger partial charge is 0.150 e. The molecular weight excluding hydrogens is 316 g/mol. The summed E-state index contributed by atoms with van der Waals surface area (Å²) in [6.07, 6.45) is 2.18. The zero-order chi connectivity index (χ0) is 13.3. The normalized spacial score (nSPS) is 10.4. The highest BCUT2D eigenvalue weighted by molar-refractivity contribution is 6.48. The van der Waals surface area contributed by atoms with Crippen molar-refractivity contribution in [2.24, 2.45) is 0 Å². The number of benzene rings is 1. The molecule has 92 valence electrons. The van der Waals surface area contributed by atoms with Crippen LogP contribution in [-0.4, -0.2) is 11.3 Å². The van der Waals surface area contributed by atoms with Gasteiger partial charge >= 0.3 is 0 Å². The van der Waals surface area contributed by atoms with Crippen LogP contribution in [-0.2, 0) is 0 Å². The molecule has 2 nitrogen and oxygen atoms in total. The summed E-state index contributed by atoms with van der Waals surface area (Å²) in [5.41, 5.74) is 1.65. The highest BCUT2D eigenvalue weighted by atomic mass is 35.5. The number of hydrogen-bond donors (Lipinski definition) is 0. The molecule has 1 aromatic carbocycles. The van der Waals surface area contributed by atoms with Crippen LogP contribution in [0.3, 0.4) is 0 Å². The fourth-order valence-electron chi connectivity index (χ4n) is 1.49. The highest BCUT2D eigenvalue weighted by Crippen LogP contribution is 2.35. The Labute approximate surface area is 123 Å². The van der Waals surface area contributed by atoms with Crippen LogP contribution in [0.1, 0.15) is 10.4 Å². The maximum absolute atomic E-state index is 11.0. The molecule has 0 aliphatic carbocycles. The van der Waals surface area contributed by atoms with Crippen molar-refractivity contribution < 1.29 is 4.79 Å². The van der Waals surface area contributed by atoms with Gasteiger partial charge in [0.1, 0.15) is 5.15 Å². The van der Waals surface area contributed by atoms with Gasteiger partial charge in [0, 0.05) is 17.3 Å². The topological polar surface area (TPSA) is 30.0 Å². The van der Waals surface area contributed by atoms with Crippen molar-refractivity contribution in [1.82, 2.24) is 4.98 Å². The Morgan fingerprint density at radius 2 is 1.61 bits per heavy atom. The fraction of sp³-hybridized carbons (Fsp3) is 0. The van der Waals surface area contributed by atoms with E-state index < -0.39 is 0 Å². The number of nitrogens with zero attached hydrogens (tertiary/aromatic N) is 1. The lowest BCUT2D eigenvalue weighted by Gasteiger charge is -2.07. The van der Waals surface area contributed by atoms with Crippen molar-refractivity contribution >= 4 is 52.7 Å². The molecule has 0 aliphatic rings. The number of aromatic nitrogens is 1. The number of carbonyl (C=O) groups excluding carboxylic acids is 1. The van der Waals surface area contributed by atoms with Gasteiger partial charge in [-0.15, -0.1) is 0 Å². The van der Waals surface area contributed by atoms with E-state index in [0.717, 1.165) is 0 Å². The molecule has 0 unspecified atom stereocenters. The summed E-state index contributed by atoms with van der Waals surface area (Å²) in [6.45, 7) is 0. The summed E-state index contributed by atoms with van der Waals surface area (Å²) in [6, 6.07) is 4.71.